The second kappa shape index (κ2) is 14.3. The lowest BCUT2D eigenvalue weighted by atomic mass is 10.1. The van der Waals surface area contributed by atoms with Crippen LogP contribution in [0.25, 0.3) is 10.9 Å². The van der Waals surface area contributed by atoms with Gasteiger partial charge in [0.15, 0.2) is 0 Å². The van der Waals surface area contributed by atoms with Crippen molar-refractivity contribution in [1.29, 1.82) is 0 Å². The van der Waals surface area contributed by atoms with Crippen LogP contribution in [0, 0.1) is 6.92 Å². The van der Waals surface area contributed by atoms with Gasteiger partial charge in [0.25, 0.3) is 5.91 Å². The minimum atomic E-state index is -0.124. The molecule has 0 saturated heterocycles. The van der Waals surface area contributed by atoms with E-state index in [9.17, 15) is 9.59 Å². The predicted molar refractivity (Wildman–Crippen MR) is 180 cm³/mol. The first kappa shape index (κ1) is 31.0. The van der Waals surface area contributed by atoms with Gasteiger partial charge in [-0.3, -0.25) is 14.3 Å². The Hall–Kier alpha value is -5.45. The molecule has 3 aromatic carbocycles. The molecule has 2 heterocycles. The maximum Gasteiger partial charge on any atom is 0.251 e. The highest BCUT2D eigenvalue weighted by Gasteiger charge is 2.12. The van der Waals surface area contributed by atoms with Crippen molar-refractivity contribution < 1.29 is 9.59 Å². The smallest absolute Gasteiger partial charge is 0.251 e. The van der Waals surface area contributed by atoms with Gasteiger partial charge in [-0.1, -0.05) is 25.0 Å². The topological polar surface area (TPSA) is 143 Å². The van der Waals surface area contributed by atoms with E-state index in [1.807, 2.05) is 60.1 Å². The van der Waals surface area contributed by atoms with Gasteiger partial charge in [0.1, 0.15) is 5.82 Å². The lowest BCUT2D eigenvalue weighted by molar-refractivity contribution is -0.116. The summed E-state index contributed by atoms with van der Waals surface area (Å²) in [6.45, 7) is 2.63. The number of carbonyl (C=O) groups excluding carboxylic acids is 2. The number of rotatable bonds is 13. The fraction of sp³-hybridized carbons (Fsp3) is 0.265. The average Bonchev–Trinajstić information content (AvgIpc) is 3.33. The second-order valence-corrected chi connectivity index (χ2v) is 11.0. The standard InChI is InChI=1S/C34H39N9O2/c1-23-27-18-17-26(22-30(27)41-43(23)3)42(2)31-19-21-37-34(40-31)38-25-15-13-24(14-16-25)33(45)36-20-9-5-4-6-12-32(44)39-29-11-8-7-10-28(29)35/h7-8,10-11,13-19,21-22H,4-6,9,12,20,35H2,1-3H3,(H,36,45)(H,39,44)(H,37,38,40). The van der Waals surface area contributed by atoms with Crippen LogP contribution in [-0.4, -0.2) is 45.2 Å². The van der Waals surface area contributed by atoms with Crippen molar-refractivity contribution in [3.8, 4) is 0 Å². The van der Waals surface area contributed by atoms with Crippen LogP contribution in [0.1, 0.15) is 48.2 Å². The summed E-state index contributed by atoms with van der Waals surface area (Å²) in [7, 11) is 3.90. The largest absolute Gasteiger partial charge is 0.397 e. The molecule has 0 saturated carbocycles. The summed E-state index contributed by atoms with van der Waals surface area (Å²) in [5.74, 6) is 1.02. The third kappa shape index (κ3) is 7.94. The highest BCUT2D eigenvalue weighted by atomic mass is 16.2. The Bertz CT molecular complexity index is 1780. The fourth-order valence-corrected chi connectivity index (χ4v) is 4.98. The Morgan fingerprint density at radius 3 is 2.53 bits per heavy atom. The SMILES string of the molecule is Cc1c2ccc(N(C)c3ccnc(Nc4ccc(C(=O)NCCCCCCC(=O)Nc5ccccc5N)cc4)n3)cc2nn1C. The number of hydrogen-bond donors (Lipinski definition) is 4. The molecule has 0 fully saturated rings. The van der Waals surface area contributed by atoms with Crippen molar-refractivity contribution in [2.45, 2.75) is 39.0 Å². The molecule has 0 spiro atoms. The summed E-state index contributed by atoms with van der Waals surface area (Å²) in [5.41, 5.74) is 11.4. The van der Waals surface area contributed by atoms with Crippen LogP contribution in [0.15, 0.2) is 79.0 Å². The number of benzene rings is 3. The molecular weight excluding hydrogens is 566 g/mol. The zero-order valence-corrected chi connectivity index (χ0v) is 25.9. The Morgan fingerprint density at radius 2 is 1.73 bits per heavy atom. The van der Waals surface area contributed by atoms with Gasteiger partial charge in [-0.25, -0.2) is 4.98 Å². The monoisotopic (exact) mass is 605 g/mol. The van der Waals surface area contributed by atoms with Crippen molar-refractivity contribution in [2.75, 3.05) is 34.9 Å². The van der Waals surface area contributed by atoms with Crippen LogP contribution in [0.3, 0.4) is 0 Å². The van der Waals surface area contributed by atoms with E-state index in [4.69, 9.17) is 5.73 Å². The molecule has 2 aromatic heterocycles. The summed E-state index contributed by atoms with van der Waals surface area (Å²) < 4.78 is 1.88. The van der Waals surface area contributed by atoms with Crippen LogP contribution in [0.2, 0.25) is 0 Å². The summed E-state index contributed by atoms with van der Waals surface area (Å²) in [6.07, 6.45) is 5.61. The minimum absolute atomic E-state index is 0.0421. The van der Waals surface area contributed by atoms with Gasteiger partial charge in [-0.05, 0) is 80.4 Å². The van der Waals surface area contributed by atoms with Crippen LogP contribution < -0.4 is 26.6 Å². The van der Waals surface area contributed by atoms with Gasteiger partial charge in [-0.15, -0.1) is 0 Å². The number of nitrogen functional groups attached to an aromatic ring is 1. The molecule has 0 unspecified atom stereocenters. The van der Waals surface area contributed by atoms with Gasteiger partial charge in [0.05, 0.1) is 16.9 Å². The van der Waals surface area contributed by atoms with Crippen molar-refractivity contribution in [3.63, 3.8) is 0 Å². The molecule has 11 nitrogen and oxygen atoms in total. The Balaban J connectivity index is 1.04. The van der Waals surface area contributed by atoms with Crippen molar-refractivity contribution >= 4 is 57.2 Å². The molecule has 5 N–H and O–H groups in total. The first-order valence-corrected chi connectivity index (χ1v) is 15.1. The predicted octanol–water partition coefficient (Wildman–Crippen LogP) is 6.08. The number of nitrogens with one attached hydrogen (secondary N) is 3. The van der Waals surface area contributed by atoms with E-state index in [2.05, 4.69) is 50.1 Å². The van der Waals surface area contributed by atoms with Crippen LogP contribution in [-0.2, 0) is 11.8 Å². The molecule has 0 aliphatic heterocycles. The van der Waals surface area contributed by atoms with Crippen LogP contribution >= 0.6 is 0 Å². The van der Waals surface area contributed by atoms with Gasteiger partial charge in [0.2, 0.25) is 11.9 Å². The zero-order valence-electron chi connectivity index (χ0n) is 25.9. The van der Waals surface area contributed by atoms with E-state index < -0.39 is 0 Å². The van der Waals surface area contributed by atoms with Gasteiger partial charge in [-0.2, -0.15) is 10.1 Å². The molecule has 45 heavy (non-hydrogen) atoms. The van der Waals surface area contributed by atoms with E-state index in [0.29, 0.717) is 35.9 Å². The summed E-state index contributed by atoms with van der Waals surface area (Å²) in [5, 5.41) is 14.8. The highest BCUT2D eigenvalue weighted by molar-refractivity contribution is 5.95. The molecule has 0 radical (unpaired) electrons. The zero-order chi connectivity index (χ0) is 31.8. The molecule has 232 valence electrons. The van der Waals surface area contributed by atoms with Gasteiger partial charge in [0, 0.05) is 61.3 Å². The number of hydrogen-bond acceptors (Lipinski definition) is 8. The third-order valence-electron chi connectivity index (χ3n) is 7.74. The number of nitrogens with zero attached hydrogens (tertiary/aromatic N) is 5. The number of para-hydroxylation sites is 2. The number of unbranched alkanes of at least 4 members (excludes halogenated alkanes) is 3. The highest BCUT2D eigenvalue weighted by Crippen LogP contribution is 2.27. The Morgan fingerprint density at radius 1 is 0.956 bits per heavy atom. The fourth-order valence-electron chi connectivity index (χ4n) is 4.98. The first-order valence-electron chi connectivity index (χ1n) is 15.1. The quantitative estimate of drug-likeness (QED) is 0.0934. The first-order chi connectivity index (χ1) is 21.8. The lowest BCUT2D eigenvalue weighted by Crippen LogP contribution is -2.24. The molecule has 0 aliphatic rings. The Labute approximate surface area is 262 Å². The van der Waals surface area contributed by atoms with E-state index in [0.717, 1.165) is 59.5 Å². The van der Waals surface area contributed by atoms with Crippen LogP contribution in [0.4, 0.5) is 34.5 Å². The van der Waals surface area contributed by atoms with Crippen LogP contribution in [0.5, 0.6) is 0 Å². The number of aromatic nitrogens is 4. The molecule has 0 aliphatic carbocycles. The molecule has 5 rings (SSSR count). The van der Waals surface area contributed by atoms with E-state index in [1.54, 1.807) is 30.5 Å². The number of carbonyl (C=O) groups is 2. The molecule has 11 heteroatoms. The molecule has 2 amide bonds. The normalized spacial score (nSPS) is 10.9. The van der Waals surface area contributed by atoms with Gasteiger partial charge < -0.3 is 26.6 Å². The minimum Gasteiger partial charge on any atom is -0.397 e. The number of amides is 2. The second-order valence-electron chi connectivity index (χ2n) is 11.0. The molecular formula is C34H39N9O2. The van der Waals surface area contributed by atoms with Crippen molar-refractivity contribution in [1.82, 2.24) is 25.1 Å². The van der Waals surface area contributed by atoms with Gasteiger partial charge >= 0.3 is 0 Å². The average molecular weight is 606 g/mol. The summed E-state index contributed by atoms with van der Waals surface area (Å²) in [6, 6.07) is 22.5. The van der Waals surface area contributed by atoms with E-state index >= 15 is 0 Å². The van der Waals surface area contributed by atoms with Crippen molar-refractivity contribution in [2.24, 2.45) is 7.05 Å². The van der Waals surface area contributed by atoms with Crippen molar-refractivity contribution in [3.05, 3.63) is 90.3 Å². The summed E-state index contributed by atoms with van der Waals surface area (Å²) in [4.78, 5) is 35.8. The number of aryl methyl sites for hydroxylation is 2. The molecule has 0 atom stereocenters. The number of anilines is 6. The maximum atomic E-state index is 12.6. The molecule has 0 bridgehead atoms. The van der Waals surface area contributed by atoms with E-state index in [1.165, 1.54) is 0 Å². The Kier molecular flexibility index (Phi) is 9.88. The summed E-state index contributed by atoms with van der Waals surface area (Å²) >= 11 is 0. The maximum absolute atomic E-state index is 12.6. The number of fused-ring (bicyclic) bond motifs is 1. The van der Waals surface area contributed by atoms with E-state index in [-0.39, 0.29) is 11.8 Å². The molecule has 5 aromatic rings. The lowest BCUT2D eigenvalue weighted by Gasteiger charge is -2.19. The number of nitrogens with two attached hydrogens (primary N) is 1. The third-order valence-corrected chi connectivity index (χ3v) is 7.74.